The van der Waals surface area contributed by atoms with Crippen LogP contribution in [0.2, 0.25) is 0 Å². The molecular weight excluding hydrogens is 528 g/mol. The van der Waals surface area contributed by atoms with Gasteiger partial charge in [0, 0.05) is 24.2 Å². The smallest absolute Gasteiger partial charge is 0.212 e. The molecule has 5 aliphatic heterocycles. The highest BCUT2D eigenvalue weighted by Gasteiger charge is 2.36. The molecule has 0 amide bonds. The van der Waals surface area contributed by atoms with E-state index in [9.17, 15) is 0 Å². The molecule has 42 heavy (non-hydrogen) atoms. The lowest BCUT2D eigenvalue weighted by Crippen LogP contribution is -2.34. The van der Waals surface area contributed by atoms with Crippen LogP contribution in [0.15, 0.2) is 60.7 Å². The number of ether oxygens (including phenoxy) is 5. The van der Waals surface area contributed by atoms with Gasteiger partial charge in [0.15, 0.2) is 34.5 Å². The zero-order chi connectivity index (χ0) is 28.4. The number of nitrogens with zero attached hydrogens (tertiary/aromatic N) is 1. The second-order valence-corrected chi connectivity index (χ2v) is 11.7. The highest BCUT2D eigenvalue weighted by atomic mass is 16.6. The number of benzene rings is 4. The van der Waals surface area contributed by atoms with Crippen molar-refractivity contribution in [2.75, 3.05) is 34.4 Å². The maximum Gasteiger partial charge on any atom is 0.212 e. The first-order valence-corrected chi connectivity index (χ1v) is 14.7. The van der Waals surface area contributed by atoms with E-state index in [4.69, 9.17) is 23.7 Å². The molecule has 0 spiro atoms. The molecule has 214 valence electrons. The fourth-order valence-electron chi connectivity index (χ4n) is 6.95. The average Bonchev–Trinajstić information content (AvgIpc) is 3.01. The molecule has 7 heteroatoms. The summed E-state index contributed by atoms with van der Waals surface area (Å²) in [5, 5.41) is 3.74. The van der Waals surface area contributed by atoms with E-state index in [0.717, 1.165) is 61.8 Å². The Morgan fingerprint density at radius 1 is 0.738 bits per heavy atom. The third-order valence-corrected chi connectivity index (χ3v) is 9.18. The molecule has 7 bridgehead atoms. The molecule has 0 unspecified atom stereocenters. The first-order valence-electron chi connectivity index (χ1n) is 14.7. The summed E-state index contributed by atoms with van der Waals surface area (Å²) in [6.07, 6.45) is 3.48. The number of likely N-dealkylation sites (N-methyl/N-ethyl adjacent to an activating group) is 1. The van der Waals surface area contributed by atoms with E-state index in [2.05, 4.69) is 59.7 Å². The third-order valence-electron chi connectivity index (χ3n) is 9.18. The van der Waals surface area contributed by atoms with Gasteiger partial charge >= 0.3 is 0 Å². The Morgan fingerprint density at radius 3 is 2.36 bits per heavy atom. The van der Waals surface area contributed by atoms with E-state index in [-0.39, 0.29) is 12.1 Å². The molecule has 0 fully saturated rings. The minimum Gasteiger partial charge on any atom is -0.493 e. The molecular formula is C35H34N2O5. The van der Waals surface area contributed by atoms with Gasteiger partial charge in [-0.1, -0.05) is 18.2 Å². The zero-order valence-corrected chi connectivity index (χ0v) is 24.2. The molecule has 9 rings (SSSR count). The van der Waals surface area contributed by atoms with Gasteiger partial charge in [-0.2, -0.15) is 0 Å². The lowest BCUT2D eigenvalue weighted by atomic mass is 9.87. The predicted molar refractivity (Wildman–Crippen MR) is 160 cm³/mol. The van der Waals surface area contributed by atoms with Crippen molar-refractivity contribution in [1.29, 1.82) is 0 Å². The van der Waals surface area contributed by atoms with Crippen LogP contribution in [0.1, 0.15) is 45.5 Å². The Morgan fingerprint density at radius 2 is 1.52 bits per heavy atom. The van der Waals surface area contributed by atoms with Crippen molar-refractivity contribution in [3.63, 3.8) is 0 Å². The quantitative estimate of drug-likeness (QED) is 0.251. The van der Waals surface area contributed by atoms with Crippen LogP contribution in [-0.2, 0) is 25.7 Å². The standard InChI is InChI=1S/C35H34N2O5/c1-37-13-11-23-18-32(39-3)34-35-33(23)27(37)15-20-4-7-24(8-5-20)40-29-16-21(6-9-28(29)38-2)14-26-25-19-31(42-35)30(41-34)17-22(25)10-12-36-26/h4-9,16-19,26-27,36H,10-15H2,1-3H3/t26-,27-/m1/s1. The minimum absolute atomic E-state index is 0.119. The number of rotatable bonds is 2. The number of methoxy groups -OCH3 is 2. The van der Waals surface area contributed by atoms with E-state index in [1.54, 1.807) is 14.2 Å². The van der Waals surface area contributed by atoms with Gasteiger partial charge in [0.2, 0.25) is 5.75 Å². The fraction of sp³-hybridized carbons (Fsp3) is 0.314. The van der Waals surface area contributed by atoms with Crippen molar-refractivity contribution in [3.8, 4) is 46.0 Å². The molecule has 0 radical (unpaired) electrons. The topological polar surface area (TPSA) is 61.4 Å². The van der Waals surface area contributed by atoms with Crippen LogP contribution in [0, 0.1) is 0 Å². The van der Waals surface area contributed by atoms with E-state index in [1.807, 2.05) is 18.2 Å². The second kappa shape index (κ2) is 9.96. The van der Waals surface area contributed by atoms with Gasteiger partial charge < -0.3 is 29.0 Å². The molecule has 4 aromatic carbocycles. The summed E-state index contributed by atoms with van der Waals surface area (Å²) in [5.74, 6) is 5.86. The number of fused-ring (bicyclic) bond motifs is 2. The van der Waals surface area contributed by atoms with Crippen molar-refractivity contribution < 1.29 is 23.7 Å². The Balaban J connectivity index is 1.32. The first-order chi connectivity index (χ1) is 20.6. The molecule has 5 aliphatic rings. The zero-order valence-electron chi connectivity index (χ0n) is 24.2. The monoisotopic (exact) mass is 562 g/mol. The van der Waals surface area contributed by atoms with Crippen LogP contribution < -0.4 is 29.0 Å². The van der Waals surface area contributed by atoms with Gasteiger partial charge in [-0.3, -0.25) is 4.90 Å². The molecule has 0 saturated heterocycles. The Kier molecular flexibility index (Phi) is 6.05. The highest BCUT2D eigenvalue weighted by molar-refractivity contribution is 5.67. The second-order valence-electron chi connectivity index (χ2n) is 11.7. The Labute approximate surface area is 245 Å². The van der Waals surface area contributed by atoms with Crippen LogP contribution in [0.25, 0.3) is 0 Å². The van der Waals surface area contributed by atoms with Crippen molar-refractivity contribution >= 4 is 0 Å². The lowest BCUT2D eigenvalue weighted by molar-refractivity contribution is 0.220. The molecule has 2 atom stereocenters. The van der Waals surface area contributed by atoms with Crippen LogP contribution >= 0.6 is 0 Å². The van der Waals surface area contributed by atoms with E-state index in [0.29, 0.717) is 23.0 Å². The first kappa shape index (κ1) is 25.5. The van der Waals surface area contributed by atoms with Gasteiger partial charge in [0.1, 0.15) is 5.75 Å². The largest absolute Gasteiger partial charge is 0.493 e. The minimum atomic E-state index is 0.119. The molecule has 7 nitrogen and oxygen atoms in total. The SMILES string of the molecule is COc1ccc2cc1Oc1ccc(cc1)C[C@@H]1c3c(cc(OC)c4c3Oc3cc5c(cc3O4)CCN[C@@H]5C2)CCN1C. The van der Waals surface area contributed by atoms with Gasteiger partial charge in [0.25, 0.3) is 0 Å². The maximum absolute atomic E-state index is 6.86. The number of nitrogens with one attached hydrogen (secondary N) is 1. The third kappa shape index (κ3) is 4.18. The van der Waals surface area contributed by atoms with Crippen molar-refractivity contribution in [2.45, 2.75) is 37.8 Å². The summed E-state index contributed by atoms with van der Waals surface area (Å²) in [7, 11) is 5.58. The van der Waals surface area contributed by atoms with Crippen molar-refractivity contribution in [1.82, 2.24) is 10.2 Å². The van der Waals surface area contributed by atoms with Crippen molar-refractivity contribution in [2.24, 2.45) is 0 Å². The summed E-state index contributed by atoms with van der Waals surface area (Å²) >= 11 is 0. The normalized spacial score (nSPS) is 20.1. The summed E-state index contributed by atoms with van der Waals surface area (Å²) in [6, 6.07) is 21.3. The van der Waals surface area contributed by atoms with E-state index >= 15 is 0 Å². The summed E-state index contributed by atoms with van der Waals surface area (Å²) in [4.78, 5) is 2.42. The van der Waals surface area contributed by atoms with Crippen LogP contribution in [0.3, 0.4) is 0 Å². The molecule has 4 aromatic rings. The summed E-state index contributed by atoms with van der Waals surface area (Å²) < 4.78 is 31.4. The number of hydrogen-bond acceptors (Lipinski definition) is 7. The van der Waals surface area contributed by atoms with E-state index < -0.39 is 0 Å². The molecule has 0 aliphatic carbocycles. The van der Waals surface area contributed by atoms with Gasteiger partial charge in [-0.15, -0.1) is 0 Å². The highest BCUT2D eigenvalue weighted by Crippen LogP contribution is 2.56. The molecule has 0 saturated carbocycles. The van der Waals surface area contributed by atoms with Gasteiger partial charge in [0.05, 0.1) is 14.2 Å². The lowest BCUT2D eigenvalue weighted by Gasteiger charge is -2.38. The van der Waals surface area contributed by atoms with Crippen LogP contribution in [0.4, 0.5) is 0 Å². The predicted octanol–water partition coefficient (Wildman–Crippen LogP) is 6.91. The molecule has 0 aromatic heterocycles. The fourth-order valence-corrected chi connectivity index (χ4v) is 6.95. The van der Waals surface area contributed by atoms with Crippen LogP contribution in [0.5, 0.6) is 46.0 Å². The number of hydrogen-bond donors (Lipinski definition) is 1. The van der Waals surface area contributed by atoms with Crippen LogP contribution in [-0.4, -0.2) is 39.3 Å². The van der Waals surface area contributed by atoms with E-state index in [1.165, 1.54) is 33.4 Å². The Bertz CT molecular complexity index is 1700. The molecule has 5 heterocycles. The van der Waals surface area contributed by atoms with Crippen molar-refractivity contribution in [3.05, 3.63) is 94.0 Å². The summed E-state index contributed by atoms with van der Waals surface area (Å²) in [6.45, 7) is 1.85. The average molecular weight is 563 g/mol. The Hall–Kier alpha value is -4.20. The van der Waals surface area contributed by atoms with Gasteiger partial charge in [-0.05, 0) is 110 Å². The molecule has 1 N–H and O–H groups in total. The van der Waals surface area contributed by atoms with Gasteiger partial charge in [-0.25, -0.2) is 0 Å². The maximum atomic E-state index is 6.86. The summed E-state index contributed by atoms with van der Waals surface area (Å²) in [5.41, 5.74) is 7.33.